The molecule has 0 atom stereocenters. The third-order valence-electron chi connectivity index (χ3n) is 3.56. The van der Waals surface area contributed by atoms with Crippen LogP contribution in [0.1, 0.15) is 10.4 Å². The highest BCUT2D eigenvalue weighted by Gasteiger charge is 2.13. The van der Waals surface area contributed by atoms with Gasteiger partial charge in [0, 0.05) is 23.5 Å². The molecule has 1 aromatic heterocycles. The van der Waals surface area contributed by atoms with E-state index in [2.05, 4.69) is 31.1 Å². The van der Waals surface area contributed by atoms with Crippen molar-refractivity contribution < 1.29 is 23.0 Å². The van der Waals surface area contributed by atoms with Gasteiger partial charge in [-0.15, -0.1) is 0 Å². The Bertz CT molecular complexity index is 963. The minimum absolute atomic E-state index is 0.138. The van der Waals surface area contributed by atoms with Crippen LogP contribution in [-0.4, -0.2) is 29.4 Å². The van der Waals surface area contributed by atoms with Crippen LogP contribution in [0.4, 0.5) is 14.5 Å². The van der Waals surface area contributed by atoms with Crippen molar-refractivity contribution in [2.24, 2.45) is 0 Å². The summed E-state index contributed by atoms with van der Waals surface area (Å²) in [7, 11) is 1.34. The van der Waals surface area contributed by atoms with Gasteiger partial charge in [-0.05, 0) is 46.3 Å². The summed E-state index contributed by atoms with van der Waals surface area (Å²) < 4.78 is 36.9. The lowest BCUT2D eigenvalue weighted by Crippen LogP contribution is -2.13. The lowest BCUT2D eigenvalue weighted by atomic mass is 10.2. The van der Waals surface area contributed by atoms with E-state index >= 15 is 0 Å². The molecule has 1 amide bonds. The first-order valence-corrected chi connectivity index (χ1v) is 8.50. The summed E-state index contributed by atoms with van der Waals surface area (Å²) in [5.74, 6) is -0.434. The number of hydrogen-bond acceptors (Lipinski definition) is 4. The zero-order valence-electron chi connectivity index (χ0n) is 14.0. The third kappa shape index (κ3) is 4.62. The van der Waals surface area contributed by atoms with Gasteiger partial charge in [0.1, 0.15) is 0 Å². The summed E-state index contributed by atoms with van der Waals surface area (Å²) in [5.41, 5.74) is 1.37. The average molecular weight is 438 g/mol. The van der Waals surface area contributed by atoms with E-state index in [9.17, 15) is 13.6 Å². The van der Waals surface area contributed by atoms with Crippen molar-refractivity contribution in [2.75, 3.05) is 12.4 Å². The Hall–Kier alpha value is -2.94. The number of nitrogens with one attached hydrogen (secondary N) is 1. The predicted molar refractivity (Wildman–Crippen MR) is 98.8 cm³/mol. The fourth-order valence-corrected chi connectivity index (χ4v) is 2.66. The summed E-state index contributed by atoms with van der Waals surface area (Å²) in [4.78, 5) is 12.5. The van der Waals surface area contributed by atoms with Gasteiger partial charge in [-0.1, -0.05) is 6.07 Å². The molecule has 0 saturated heterocycles. The van der Waals surface area contributed by atoms with Gasteiger partial charge in [-0.3, -0.25) is 4.79 Å². The smallest absolute Gasteiger partial charge is 0.387 e. The number of ether oxygens (including phenoxy) is 2. The molecule has 140 valence electrons. The maximum atomic E-state index is 12.5. The van der Waals surface area contributed by atoms with Gasteiger partial charge >= 0.3 is 6.61 Å². The number of benzene rings is 2. The van der Waals surface area contributed by atoms with Crippen LogP contribution in [0.15, 0.2) is 59.3 Å². The quantitative estimate of drug-likeness (QED) is 0.616. The Balaban J connectivity index is 1.81. The first-order chi connectivity index (χ1) is 13.0. The lowest BCUT2D eigenvalue weighted by molar-refractivity contribution is -0.0511. The van der Waals surface area contributed by atoms with E-state index in [4.69, 9.17) is 4.74 Å². The van der Waals surface area contributed by atoms with Gasteiger partial charge in [0.2, 0.25) is 0 Å². The van der Waals surface area contributed by atoms with E-state index < -0.39 is 12.5 Å². The zero-order valence-corrected chi connectivity index (χ0v) is 15.6. The Morgan fingerprint density at radius 3 is 2.70 bits per heavy atom. The fourth-order valence-electron chi connectivity index (χ4n) is 2.38. The van der Waals surface area contributed by atoms with Crippen LogP contribution in [-0.2, 0) is 0 Å². The second kappa shape index (κ2) is 8.17. The molecule has 1 N–H and O–H groups in total. The van der Waals surface area contributed by atoms with E-state index in [0.717, 1.165) is 4.47 Å². The van der Waals surface area contributed by atoms with Crippen molar-refractivity contribution in [3.63, 3.8) is 0 Å². The summed E-state index contributed by atoms with van der Waals surface area (Å²) in [6.45, 7) is -3.00. The largest absolute Gasteiger partial charge is 0.493 e. The van der Waals surface area contributed by atoms with Crippen molar-refractivity contribution in [2.45, 2.75) is 6.61 Å². The first-order valence-electron chi connectivity index (χ1n) is 7.71. The molecule has 0 bridgehead atoms. The van der Waals surface area contributed by atoms with Crippen LogP contribution in [0.3, 0.4) is 0 Å². The molecule has 0 spiro atoms. The highest BCUT2D eigenvalue weighted by atomic mass is 79.9. The molecule has 0 radical (unpaired) electrons. The minimum atomic E-state index is -3.00. The van der Waals surface area contributed by atoms with Crippen molar-refractivity contribution in [3.8, 4) is 17.2 Å². The third-order valence-corrected chi connectivity index (χ3v) is 3.97. The number of carbonyl (C=O) groups excluding carboxylic acids is 1. The average Bonchev–Trinajstić information content (AvgIpc) is 3.08. The van der Waals surface area contributed by atoms with E-state index in [-0.39, 0.29) is 11.5 Å². The number of aromatic nitrogens is 2. The number of alkyl halides is 2. The van der Waals surface area contributed by atoms with Gasteiger partial charge in [0.15, 0.2) is 11.5 Å². The van der Waals surface area contributed by atoms with E-state index in [1.54, 1.807) is 41.3 Å². The van der Waals surface area contributed by atoms with E-state index in [1.165, 1.54) is 25.3 Å². The predicted octanol–water partition coefficient (Wildman–Crippen LogP) is 4.50. The Kier molecular flexibility index (Phi) is 5.70. The second-order valence-corrected chi connectivity index (χ2v) is 6.27. The molecule has 0 aliphatic rings. The van der Waals surface area contributed by atoms with Crippen LogP contribution in [0, 0.1) is 0 Å². The number of methoxy groups -OCH3 is 1. The number of halogens is 3. The highest BCUT2D eigenvalue weighted by molar-refractivity contribution is 9.10. The van der Waals surface area contributed by atoms with Crippen molar-refractivity contribution in [3.05, 3.63) is 64.9 Å². The molecule has 27 heavy (non-hydrogen) atoms. The maximum Gasteiger partial charge on any atom is 0.387 e. The van der Waals surface area contributed by atoms with Gasteiger partial charge < -0.3 is 14.8 Å². The monoisotopic (exact) mass is 437 g/mol. The van der Waals surface area contributed by atoms with Gasteiger partial charge in [-0.25, -0.2) is 4.68 Å². The van der Waals surface area contributed by atoms with Crippen molar-refractivity contribution in [1.82, 2.24) is 9.78 Å². The van der Waals surface area contributed by atoms with Crippen LogP contribution in [0.25, 0.3) is 5.69 Å². The number of anilines is 1. The molecule has 2 aromatic carbocycles. The molecule has 1 heterocycles. The van der Waals surface area contributed by atoms with Crippen LogP contribution in [0.2, 0.25) is 0 Å². The molecule has 9 heteroatoms. The Labute approximate surface area is 161 Å². The normalized spacial score (nSPS) is 10.7. The van der Waals surface area contributed by atoms with Gasteiger partial charge in [0.05, 0.1) is 23.5 Å². The molecule has 0 aliphatic heterocycles. The zero-order chi connectivity index (χ0) is 19.4. The highest BCUT2D eigenvalue weighted by Crippen LogP contribution is 2.31. The number of amides is 1. The SMILES string of the molecule is COc1ccc(NC(=O)c2cccc(-n3cc(Br)cn3)c2)cc1OC(F)F. The molecule has 0 unspecified atom stereocenters. The number of hydrogen-bond donors (Lipinski definition) is 1. The first kappa shape index (κ1) is 18.8. The van der Waals surface area contributed by atoms with Crippen LogP contribution < -0.4 is 14.8 Å². The second-order valence-electron chi connectivity index (χ2n) is 5.35. The van der Waals surface area contributed by atoms with E-state index in [0.29, 0.717) is 16.9 Å². The summed E-state index contributed by atoms with van der Waals surface area (Å²) >= 11 is 3.32. The number of nitrogens with zero attached hydrogens (tertiary/aromatic N) is 2. The molecular weight excluding hydrogens is 424 g/mol. The minimum Gasteiger partial charge on any atom is -0.493 e. The molecule has 3 rings (SSSR count). The van der Waals surface area contributed by atoms with Crippen molar-refractivity contribution in [1.29, 1.82) is 0 Å². The van der Waals surface area contributed by atoms with Crippen LogP contribution in [0.5, 0.6) is 11.5 Å². The number of carbonyl (C=O) groups is 1. The molecule has 0 aliphatic carbocycles. The lowest BCUT2D eigenvalue weighted by Gasteiger charge is -2.12. The molecule has 3 aromatic rings. The summed E-state index contributed by atoms with van der Waals surface area (Å²) in [5, 5.41) is 6.81. The van der Waals surface area contributed by atoms with Crippen molar-refractivity contribution >= 4 is 27.5 Å². The fraction of sp³-hybridized carbons (Fsp3) is 0.111. The van der Waals surface area contributed by atoms with Gasteiger partial charge in [0.25, 0.3) is 5.91 Å². The number of rotatable bonds is 6. The standard InChI is InChI=1S/C18H14BrF2N3O3/c1-26-15-6-5-13(8-16(15)27-18(20)21)23-17(25)11-3-2-4-14(7-11)24-10-12(19)9-22-24/h2-10,18H,1H3,(H,23,25). The summed E-state index contributed by atoms with van der Waals surface area (Å²) in [6, 6.07) is 11.1. The van der Waals surface area contributed by atoms with Crippen LogP contribution >= 0.6 is 15.9 Å². The van der Waals surface area contributed by atoms with E-state index in [1.807, 2.05) is 0 Å². The molecule has 0 fully saturated rings. The summed E-state index contributed by atoms with van der Waals surface area (Å²) in [6.07, 6.45) is 3.39. The molecule has 6 nitrogen and oxygen atoms in total. The van der Waals surface area contributed by atoms with Gasteiger partial charge in [-0.2, -0.15) is 13.9 Å². The molecular formula is C18H14BrF2N3O3. The molecule has 0 saturated carbocycles. The Morgan fingerprint density at radius 1 is 1.22 bits per heavy atom. The Morgan fingerprint density at radius 2 is 2.04 bits per heavy atom. The maximum absolute atomic E-state index is 12.5. The topological polar surface area (TPSA) is 65.4 Å².